The number of thioether (sulfide) groups is 1. The Morgan fingerprint density at radius 3 is 2.54 bits per heavy atom. The molecule has 2 amide bonds. The number of amides is 2. The molecule has 0 spiro atoms. The van der Waals surface area contributed by atoms with E-state index in [2.05, 4.69) is 45.2 Å². The number of carbonyl (C=O) groups is 2. The number of hydrogen-bond donors (Lipinski definition) is 0. The van der Waals surface area contributed by atoms with E-state index in [-0.39, 0.29) is 24.3 Å². The maximum atomic E-state index is 12.7. The fourth-order valence-corrected chi connectivity index (χ4v) is 5.59. The molecule has 0 aliphatic carbocycles. The summed E-state index contributed by atoms with van der Waals surface area (Å²) in [6, 6.07) is 11.6. The number of benzene rings is 2. The summed E-state index contributed by atoms with van der Waals surface area (Å²) in [5, 5.41) is -0.289. The summed E-state index contributed by atoms with van der Waals surface area (Å²) in [7, 11) is 1.59. The largest absolute Gasteiger partial charge is 0.495 e. The fraction of sp³-hybridized carbons (Fsp3) is 0.200. The molecule has 0 aromatic heterocycles. The summed E-state index contributed by atoms with van der Waals surface area (Å²) in [6.45, 7) is 2.45. The summed E-state index contributed by atoms with van der Waals surface area (Å²) in [5.41, 5.74) is 1.92. The summed E-state index contributed by atoms with van der Waals surface area (Å²) in [6.07, 6.45) is 1.72. The van der Waals surface area contributed by atoms with Gasteiger partial charge in [0.2, 0.25) is 0 Å². The van der Waals surface area contributed by atoms with Gasteiger partial charge in [0, 0.05) is 9.13 Å². The minimum absolute atomic E-state index is 0.205. The van der Waals surface area contributed by atoms with E-state index in [1.54, 1.807) is 13.2 Å². The SMILES string of the molecule is COc1c(I)cc(I)cc1/C=C1\SC(=O)N(CCOc2ccc(C)cc2)C1=O. The van der Waals surface area contributed by atoms with Crippen LogP contribution >= 0.6 is 56.9 Å². The van der Waals surface area contributed by atoms with Crippen molar-refractivity contribution in [3.63, 3.8) is 0 Å². The number of hydrogen-bond acceptors (Lipinski definition) is 5. The van der Waals surface area contributed by atoms with Gasteiger partial charge in [-0.3, -0.25) is 14.5 Å². The molecule has 1 heterocycles. The predicted octanol–water partition coefficient (Wildman–Crippen LogP) is 5.33. The lowest BCUT2D eigenvalue weighted by molar-refractivity contribution is -0.123. The van der Waals surface area contributed by atoms with Gasteiger partial charge in [0.25, 0.3) is 11.1 Å². The monoisotopic (exact) mass is 621 g/mol. The second-order valence-corrected chi connectivity index (χ2v) is 9.41. The molecule has 0 bridgehead atoms. The second kappa shape index (κ2) is 9.49. The molecule has 0 radical (unpaired) electrons. The molecule has 0 saturated carbocycles. The molecule has 8 heteroatoms. The van der Waals surface area contributed by atoms with E-state index in [4.69, 9.17) is 9.47 Å². The van der Waals surface area contributed by atoms with Gasteiger partial charge in [0.15, 0.2) is 0 Å². The van der Waals surface area contributed by atoms with Gasteiger partial charge < -0.3 is 9.47 Å². The van der Waals surface area contributed by atoms with Crippen LogP contribution in [-0.2, 0) is 4.79 Å². The van der Waals surface area contributed by atoms with Crippen LogP contribution in [0.4, 0.5) is 4.79 Å². The Bertz CT molecular complexity index is 944. The third kappa shape index (κ3) is 5.01. The maximum Gasteiger partial charge on any atom is 0.293 e. The average molecular weight is 621 g/mol. The topological polar surface area (TPSA) is 55.8 Å². The minimum Gasteiger partial charge on any atom is -0.495 e. The Kier molecular flexibility index (Phi) is 7.26. The van der Waals surface area contributed by atoms with Crippen LogP contribution < -0.4 is 9.47 Å². The number of ether oxygens (including phenoxy) is 2. The molecule has 1 aliphatic heterocycles. The van der Waals surface area contributed by atoms with Crippen LogP contribution in [0.3, 0.4) is 0 Å². The van der Waals surface area contributed by atoms with Crippen molar-refractivity contribution in [2.45, 2.75) is 6.92 Å². The van der Waals surface area contributed by atoms with Gasteiger partial charge in [-0.05, 0) is 94.2 Å². The quantitative estimate of drug-likeness (QED) is 0.323. The molecular weight excluding hydrogens is 604 g/mol. The highest BCUT2D eigenvalue weighted by atomic mass is 127. The van der Waals surface area contributed by atoms with E-state index < -0.39 is 0 Å². The number of carbonyl (C=O) groups excluding carboxylic acids is 2. The lowest BCUT2D eigenvalue weighted by atomic mass is 10.2. The van der Waals surface area contributed by atoms with Crippen molar-refractivity contribution in [1.82, 2.24) is 4.90 Å². The van der Waals surface area contributed by atoms with E-state index in [1.165, 1.54) is 4.90 Å². The number of nitrogens with zero attached hydrogens (tertiary/aromatic N) is 1. The van der Waals surface area contributed by atoms with Crippen molar-refractivity contribution in [2.75, 3.05) is 20.3 Å². The lowest BCUT2D eigenvalue weighted by Crippen LogP contribution is -2.32. The highest BCUT2D eigenvalue weighted by Gasteiger charge is 2.35. The first-order valence-corrected chi connectivity index (χ1v) is 11.3. The van der Waals surface area contributed by atoms with E-state index in [0.717, 1.165) is 30.0 Å². The molecular formula is C20H17I2NO4S. The maximum absolute atomic E-state index is 12.7. The molecule has 3 rings (SSSR count). The van der Waals surface area contributed by atoms with Gasteiger partial charge in [-0.2, -0.15) is 0 Å². The minimum atomic E-state index is -0.307. The number of rotatable bonds is 6. The van der Waals surface area contributed by atoms with Crippen LogP contribution in [0.5, 0.6) is 11.5 Å². The summed E-state index contributed by atoms with van der Waals surface area (Å²) in [5.74, 6) is 1.10. The first-order chi connectivity index (χ1) is 13.4. The Balaban J connectivity index is 1.71. The van der Waals surface area contributed by atoms with Crippen molar-refractivity contribution >= 4 is 74.2 Å². The summed E-state index contributed by atoms with van der Waals surface area (Å²) in [4.78, 5) is 26.6. The Morgan fingerprint density at radius 2 is 1.86 bits per heavy atom. The third-order valence-corrected chi connectivity index (χ3v) is 6.34. The van der Waals surface area contributed by atoms with E-state index in [0.29, 0.717) is 16.4 Å². The molecule has 5 nitrogen and oxygen atoms in total. The first-order valence-electron chi connectivity index (χ1n) is 8.37. The standard InChI is InChI=1S/C20H17I2NO4S/c1-12-3-5-15(6-4-12)27-8-7-23-19(24)17(28-20(23)25)10-13-9-14(21)11-16(22)18(13)26-2/h3-6,9-11H,7-8H2,1-2H3/b17-10-. The van der Waals surface area contributed by atoms with E-state index in [1.807, 2.05) is 43.3 Å². The van der Waals surface area contributed by atoms with Gasteiger partial charge in [-0.25, -0.2) is 0 Å². The first kappa shape index (κ1) is 21.4. The number of methoxy groups -OCH3 is 1. The smallest absolute Gasteiger partial charge is 0.293 e. The van der Waals surface area contributed by atoms with Crippen LogP contribution in [0.1, 0.15) is 11.1 Å². The zero-order valence-electron chi connectivity index (χ0n) is 15.2. The number of aryl methyl sites for hydroxylation is 1. The van der Waals surface area contributed by atoms with Crippen LogP contribution in [0.2, 0.25) is 0 Å². The average Bonchev–Trinajstić information content (AvgIpc) is 2.90. The summed E-state index contributed by atoms with van der Waals surface area (Å²) < 4.78 is 13.1. The van der Waals surface area contributed by atoms with Crippen LogP contribution in [0, 0.1) is 14.1 Å². The van der Waals surface area contributed by atoms with Gasteiger partial charge in [0.1, 0.15) is 18.1 Å². The molecule has 0 unspecified atom stereocenters. The van der Waals surface area contributed by atoms with Crippen molar-refractivity contribution in [3.8, 4) is 11.5 Å². The Morgan fingerprint density at radius 1 is 1.14 bits per heavy atom. The number of halogens is 2. The molecule has 2 aromatic carbocycles. The Labute approximate surface area is 195 Å². The van der Waals surface area contributed by atoms with Crippen molar-refractivity contribution < 1.29 is 19.1 Å². The van der Waals surface area contributed by atoms with Crippen LogP contribution in [-0.4, -0.2) is 36.3 Å². The number of imide groups is 1. The van der Waals surface area contributed by atoms with Gasteiger partial charge in [-0.1, -0.05) is 17.7 Å². The molecule has 1 aliphatic rings. The van der Waals surface area contributed by atoms with E-state index in [9.17, 15) is 9.59 Å². The van der Waals surface area contributed by atoms with Crippen LogP contribution in [0.25, 0.3) is 6.08 Å². The lowest BCUT2D eigenvalue weighted by Gasteiger charge is -2.13. The second-order valence-electron chi connectivity index (χ2n) is 6.00. The third-order valence-electron chi connectivity index (χ3n) is 4.01. The fourth-order valence-electron chi connectivity index (χ4n) is 2.63. The zero-order chi connectivity index (χ0) is 20.3. The Hall–Kier alpha value is -1.27. The molecule has 1 fully saturated rings. The highest BCUT2D eigenvalue weighted by Crippen LogP contribution is 2.36. The van der Waals surface area contributed by atoms with Crippen molar-refractivity contribution in [3.05, 3.63) is 59.6 Å². The normalized spacial score (nSPS) is 15.4. The molecule has 28 heavy (non-hydrogen) atoms. The van der Waals surface area contributed by atoms with Crippen molar-refractivity contribution in [2.24, 2.45) is 0 Å². The molecule has 2 aromatic rings. The zero-order valence-corrected chi connectivity index (χ0v) is 20.3. The molecule has 0 atom stereocenters. The van der Waals surface area contributed by atoms with Gasteiger partial charge in [-0.15, -0.1) is 0 Å². The molecule has 146 valence electrons. The van der Waals surface area contributed by atoms with E-state index >= 15 is 0 Å². The predicted molar refractivity (Wildman–Crippen MR) is 128 cm³/mol. The molecule has 1 saturated heterocycles. The highest BCUT2D eigenvalue weighted by molar-refractivity contribution is 14.1. The van der Waals surface area contributed by atoms with Crippen LogP contribution in [0.15, 0.2) is 41.3 Å². The van der Waals surface area contributed by atoms with Crippen molar-refractivity contribution in [1.29, 1.82) is 0 Å². The van der Waals surface area contributed by atoms with Gasteiger partial charge in [0.05, 0.1) is 22.1 Å². The van der Waals surface area contributed by atoms with Gasteiger partial charge >= 0.3 is 0 Å². The molecule has 0 N–H and O–H groups in total. The summed E-state index contributed by atoms with van der Waals surface area (Å²) >= 11 is 5.35.